The minimum absolute atomic E-state index is 0. The summed E-state index contributed by atoms with van der Waals surface area (Å²) in [5.41, 5.74) is 10.4. The third kappa shape index (κ3) is 5.87. The Balaban J connectivity index is 0.00000312. The first-order valence-electron chi connectivity index (χ1n) is 8.42. The van der Waals surface area contributed by atoms with E-state index in [0.29, 0.717) is 25.3 Å². The Morgan fingerprint density at radius 3 is 2.32 bits per heavy atom. The lowest BCUT2D eigenvalue weighted by Gasteiger charge is -2.14. The van der Waals surface area contributed by atoms with Gasteiger partial charge in [-0.25, -0.2) is 0 Å². The first kappa shape index (κ1) is 21.2. The molecular formula is C19H28ClN3O2. The van der Waals surface area contributed by atoms with Crippen molar-refractivity contribution in [3.63, 3.8) is 0 Å². The van der Waals surface area contributed by atoms with Gasteiger partial charge in [-0.2, -0.15) is 0 Å². The van der Waals surface area contributed by atoms with Gasteiger partial charge >= 0.3 is 0 Å². The maximum absolute atomic E-state index is 12.0. The Hall–Kier alpha value is -1.85. The van der Waals surface area contributed by atoms with E-state index < -0.39 is 0 Å². The van der Waals surface area contributed by atoms with Crippen molar-refractivity contribution in [2.45, 2.75) is 52.5 Å². The molecule has 1 aromatic carbocycles. The number of carbonyl (C=O) groups excluding carboxylic acids is 1. The van der Waals surface area contributed by atoms with E-state index in [1.165, 1.54) is 5.56 Å². The van der Waals surface area contributed by atoms with E-state index in [0.717, 1.165) is 22.6 Å². The lowest BCUT2D eigenvalue weighted by Crippen LogP contribution is -2.32. The van der Waals surface area contributed by atoms with E-state index in [2.05, 4.69) is 36.5 Å². The molecule has 25 heavy (non-hydrogen) atoms. The molecule has 3 N–H and O–H groups in total. The van der Waals surface area contributed by atoms with Crippen LogP contribution in [0.5, 0.6) is 0 Å². The van der Waals surface area contributed by atoms with E-state index in [1.54, 1.807) is 0 Å². The highest BCUT2D eigenvalue weighted by atomic mass is 35.5. The summed E-state index contributed by atoms with van der Waals surface area (Å²) in [6.45, 7) is 8.51. The van der Waals surface area contributed by atoms with Gasteiger partial charge in [0.2, 0.25) is 5.91 Å². The molecular weight excluding hydrogens is 338 g/mol. The van der Waals surface area contributed by atoms with Gasteiger partial charge < -0.3 is 15.6 Å². The monoisotopic (exact) mass is 365 g/mol. The van der Waals surface area contributed by atoms with Crippen LogP contribution in [0.2, 0.25) is 0 Å². The van der Waals surface area contributed by atoms with Gasteiger partial charge in [-0.05, 0) is 37.3 Å². The van der Waals surface area contributed by atoms with Gasteiger partial charge in [0.1, 0.15) is 5.76 Å². The van der Waals surface area contributed by atoms with Gasteiger partial charge in [0.05, 0.1) is 5.69 Å². The van der Waals surface area contributed by atoms with E-state index in [4.69, 9.17) is 10.3 Å². The third-order valence-corrected chi connectivity index (χ3v) is 4.33. The molecule has 2 rings (SSSR count). The van der Waals surface area contributed by atoms with Crippen LogP contribution < -0.4 is 11.1 Å². The Morgan fingerprint density at radius 2 is 1.80 bits per heavy atom. The van der Waals surface area contributed by atoms with Crippen molar-refractivity contribution in [3.05, 3.63) is 52.4 Å². The summed E-state index contributed by atoms with van der Waals surface area (Å²) in [5, 5.41) is 6.81. The van der Waals surface area contributed by atoms with Crippen molar-refractivity contribution in [1.29, 1.82) is 0 Å². The van der Waals surface area contributed by atoms with Crippen LogP contribution in [0.15, 0.2) is 28.8 Å². The number of hydrogen-bond acceptors (Lipinski definition) is 4. The number of aryl methyl sites for hydroxylation is 2. The predicted octanol–water partition coefficient (Wildman–Crippen LogP) is 3.59. The Kier molecular flexibility index (Phi) is 8.13. The van der Waals surface area contributed by atoms with Gasteiger partial charge in [0, 0.05) is 24.6 Å². The summed E-state index contributed by atoms with van der Waals surface area (Å²) in [6.07, 6.45) is 1.03. The summed E-state index contributed by atoms with van der Waals surface area (Å²) in [6, 6.07) is 8.07. The van der Waals surface area contributed by atoms with Crippen molar-refractivity contribution in [3.8, 4) is 0 Å². The van der Waals surface area contributed by atoms with E-state index >= 15 is 0 Å². The van der Waals surface area contributed by atoms with E-state index in [9.17, 15) is 4.79 Å². The average Bonchev–Trinajstić information content (AvgIpc) is 2.89. The highest BCUT2D eigenvalue weighted by Gasteiger charge is 2.12. The molecule has 0 bridgehead atoms. The molecule has 0 radical (unpaired) electrons. The van der Waals surface area contributed by atoms with E-state index in [-0.39, 0.29) is 24.4 Å². The van der Waals surface area contributed by atoms with Crippen LogP contribution >= 0.6 is 12.4 Å². The normalized spacial score (nSPS) is 11.9. The van der Waals surface area contributed by atoms with Crippen LogP contribution in [-0.2, 0) is 11.2 Å². The smallest absolute Gasteiger partial charge is 0.220 e. The minimum Gasteiger partial charge on any atom is -0.361 e. The second-order valence-electron chi connectivity index (χ2n) is 6.53. The van der Waals surface area contributed by atoms with Gasteiger partial charge in [-0.1, -0.05) is 43.3 Å². The zero-order chi connectivity index (χ0) is 17.7. The molecule has 2 aromatic rings. The standard InChI is InChI=1S/C19H27N3O2.ClH/c1-12(2)15-5-7-16(8-6-15)18(20)11-21-19(23)10-9-17-13(3)22-24-14(17)4;/h5-8,12,18H,9-11,20H2,1-4H3,(H,21,23);1H. The fraction of sp³-hybridized carbons (Fsp3) is 0.474. The molecule has 0 aliphatic carbocycles. The Morgan fingerprint density at radius 1 is 1.20 bits per heavy atom. The number of rotatable bonds is 7. The molecule has 0 aliphatic heterocycles. The van der Waals surface area contributed by atoms with Crippen LogP contribution in [0.3, 0.4) is 0 Å². The first-order valence-corrected chi connectivity index (χ1v) is 8.42. The Bertz CT molecular complexity index is 661. The van der Waals surface area contributed by atoms with Gasteiger partial charge in [0.15, 0.2) is 0 Å². The third-order valence-electron chi connectivity index (χ3n) is 4.33. The molecule has 1 heterocycles. The summed E-state index contributed by atoms with van der Waals surface area (Å²) in [7, 11) is 0. The zero-order valence-electron chi connectivity index (χ0n) is 15.3. The summed E-state index contributed by atoms with van der Waals surface area (Å²) in [5.74, 6) is 1.27. The molecule has 0 aliphatic rings. The molecule has 138 valence electrons. The molecule has 6 heteroatoms. The molecule has 0 saturated carbocycles. The largest absolute Gasteiger partial charge is 0.361 e. The summed E-state index contributed by atoms with van der Waals surface area (Å²) < 4.78 is 5.11. The van der Waals surface area contributed by atoms with Crippen LogP contribution in [0.25, 0.3) is 0 Å². The molecule has 1 amide bonds. The number of nitrogens with two attached hydrogens (primary N) is 1. The number of halogens is 1. The van der Waals surface area contributed by atoms with Crippen LogP contribution in [0.1, 0.15) is 60.4 Å². The summed E-state index contributed by atoms with van der Waals surface area (Å²) in [4.78, 5) is 12.0. The highest BCUT2D eigenvalue weighted by molar-refractivity contribution is 5.85. The minimum atomic E-state index is -0.200. The molecule has 0 fully saturated rings. The lowest BCUT2D eigenvalue weighted by atomic mass is 9.99. The van der Waals surface area contributed by atoms with Crippen molar-refractivity contribution >= 4 is 18.3 Å². The van der Waals surface area contributed by atoms with Crippen molar-refractivity contribution in [2.24, 2.45) is 5.73 Å². The van der Waals surface area contributed by atoms with Crippen LogP contribution in [0.4, 0.5) is 0 Å². The predicted molar refractivity (Wildman–Crippen MR) is 102 cm³/mol. The number of nitrogens with zero attached hydrogens (tertiary/aromatic N) is 1. The van der Waals surface area contributed by atoms with Gasteiger partial charge in [-0.3, -0.25) is 4.79 Å². The Labute approximate surface area is 155 Å². The average molecular weight is 366 g/mol. The van der Waals surface area contributed by atoms with Crippen molar-refractivity contribution in [2.75, 3.05) is 6.54 Å². The number of aromatic nitrogens is 1. The molecule has 0 saturated heterocycles. The number of benzene rings is 1. The molecule has 1 unspecified atom stereocenters. The van der Waals surface area contributed by atoms with Crippen molar-refractivity contribution < 1.29 is 9.32 Å². The quantitative estimate of drug-likeness (QED) is 0.785. The molecule has 1 atom stereocenters. The first-order chi connectivity index (χ1) is 11.4. The molecule has 0 spiro atoms. The fourth-order valence-corrected chi connectivity index (χ4v) is 2.66. The van der Waals surface area contributed by atoms with Crippen LogP contribution in [0, 0.1) is 13.8 Å². The van der Waals surface area contributed by atoms with Crippen LogP contribution in [-0.4, -0.2) is 17.6 Å². The highest BCUT2D eigenvalue weighted by Crippen LogP contribution is 2.17. The van der Waals surface area contributed by atoms with Gasteiger partial charge in [0.25, 0.3) is 0 Å². The van der Waals surface area contributed by atoms with Gasteiger partial charge in [-0.15, -0.1) is 12.4 Å². The number of amides is 1. The van der Waals surface area contributed by atoms with Crippen molar-refractivity contribution in [1.82, 2.24) is 10.5 Å². The molecule has 5 nitrogen and oxygen atoms in total. The molecule has 1 aromatic heterocycles. The lowest BCUT2D eigenvalue weighted by molar-refractivity contribution is -0.121. The SMILES string of the molecule is Cc1noc(C)c1CCC(=O)NCC(N)c1ccc(C(C)C)cc1.Cl. The fourth-order valence-electron chi connectivity index (χ4n) is 2.66. The maximum atomic E-state index is 12.0. The number of hydrogen-bond donors (Lipinski definition) is 2. The number of nitrogens with one attached hydrogen (secondary N) is 1. The second-order valence-corrected chi connectivity index (χ2v) is 6.53. The number of carbonyl (C=O) groups is 1. The maximum Gasteiger partial charge on any atom is 0.220 e. The zero-order valence-corrected chi connectivity index (χ0v) is 16.2. The summed E-state index contributed by atoms with van der Waals surface area (Å²) >= 11 is 0. The van der Waals surface area contributed by atoms with E-state index in [1.807, 2.05) is 26.0 Å². The topological polar surface area (TPSA) is 81.2 Å². The second kappa shape index (κ2) is 9.59.